The van der Waals surface area contributed by atoms with Crippen molar-refractivity contribution >= 4 is 23.3 Å². The second kappa shape index (κ2) is 9.90. The fourth-order valence-corrected chi connectivity index (χ4v) is 4.27. The number of benzene rings is 1. The maximum Gasteiger partial charge on any atom is 0.416 e. The van der Waals surface area contributed by atoms with Crippen LogP contribution in [0.5, 0.6) is 0 Å². The monoisotopic (exact) mass is 453 g/mol. The first-order chi connectivity index (χ1) is 14.6. The van der Waals surface area contributed by atoms with Gasteiger partial charge in [-0.25, -0.2) is 4.98 Å². The third kappa shape index (κ3) is 6.60. The zero-order valence-corrected chi connectivity index (χ0v) is 18.4. The first-order valence-electron chi connectivity index (χ1n) is 10.5. The lowest BCUT2D eigenvalue weighted by atomic mass is 9.84. The predicted octanol–water partition coefficient (Wildman–Crippen LogP) is 6.16. The van der Waals surface area contributed by atoms with Crippen molar-refractivity contribution in [3.63, 3.8) is 0 Å². The smallest absolute Gasteiger partial charge is 0.370 e. The van der Waals surface area contributed by atoms with Crippen molar-refractivity contribution in [2.45, 2.75) is 58.2 Å². The summed E-state index contributed by atoms with van der Waals surface area (Å²) in [6.45, 7) is 4.85. The molecular weight excluding hydrogens is 427 g/mol. The number of aromatic nitrogens is 1. The van der Waals surface area contributed by atoms with E-state index in [1.54, 1.807) is 0 Å². The van der Waals surface area contributed by atoms with Crippen molar-refractivity contribution in [3.05, 3.63) is 57.7 Å². The first kappa shape index (κ1) is 23.4. The number of halogens is 4. The van der Waals surface area contributed by atoms with E-state index in [9.17, 15) is 18.0 Å². The minimum absolute atomic E-state index is 0.0188. The number of alkyl halides is 3. The molecule has 0 saturated heterocycles. The normalized spacial score (nSPS) is 19.2. The van der Waals surface area contributed by atoms with Crippen LogP contribution in [-0.2, 0) is 6.18 Å². The molecule has 2 aromatic rings. The second-order valence-electron chi connectivity index (χ2n) is 8.27. The molecule has 168 valence electrons. The number of pyridine rings is 1. The fraction of sp³-hybridized carbons (Fsp3) is 0.478. The highest BCUT2D eigenvalue weighted by Gasteiger charge is 2.32. The molecular formula is C23H27ClF3N3O. The average Bonchev–Trinajstić information content (AvgIpc) is 2.68. The third-order valence-electron chi connectivity index (χ3n) is 5.68. The summed E-state index contributed by atoms with van der Waals surface area (Å²) >= 11 is 5.97. The molecule has 1 saturated carbocycles. The molecule has 1 aliphatic carbocycles. The first-order valence-corrected chi connectivity index (χ1v) is 10.9. The largest absolute Gasteiger partial charge is 0.416 e. The van der Waals surface area contributed by atoms with Gasteiger partial charge < -0.3 is 10.6 Å². The summed E-state index contributed by atoms with van der Waals surface area (Å²) in [6, 6.07) is 6.82. The van der Waals surface area contributed by atoms with Crippen LogP contribution in [0.1, 0.15) is 59.3 Å². The van der Waals surface area contributed by atoms with Gasteiger partial charge in [0, 0.05) is 18.3 Å². The maximum absolute atomic E-state index is 12.9. The molecule has 0 bridgehead atoms. The van der Waals surface area contributed by atoms with Crippen LogP contribution in [0.2, 0.25) is 5.02 Å². The number of aryl methyl sites for hydroxylation is 2. The Labute approximate surface area is 185 Å². The molecule has 1 fully saturated rings. The van der Waals surface area contributed by atoms with Gasteiger partial charge in [0.25, 0.3) is 5.91 Å². The van der Waals surface area contributed by atoms with E-state index in [4.69, 9.17) is 11.6 Å². The van der Waals surface area contributed by atoms with Gasteiger partial charge in [0.2, 0.25) is 0 Å². The molecule has 3 rings (SSSR count). The Balaban J connectivity index is 1.46. The van der Waals surface area contributed by atoms with Crippen LogP contribution >= 0.6 is 11.6 Å². The summed E-state index contributed by atoms with van der Waals surface area (Å²) in [5, 5.41) is 6.25. The van der Waals surface area contributed by atoms with E-state index < -0.39 is 17.6 Å². The number of nitrogens with zero attached hydrogens (tertiary/aromatic N) is 1. The van der Waals surface area contributed by atoms with Crippen molar-refractivity contribution in [1.29, 1.82) is 0 Å². The molecule has 1 aliphatic rings. The highest BCUT2D eigenvalue weighted by Crippen LogP contribution is 2.32. The molecule has 0 aliphatic heterocycles. The van der Waals surface area contributed by atoms with E-state index in [1.807, 2.05) is 26.0 Å². The minimum Gasteiger partial charge on any atom is -0.370 e. The molecule has 1 heterocycles. The molecule has 0 atom stereocenters. The molecule has 2 N–H and O–H groups in total. The topological polar surface area (TPSA) is 54.0 Å². The highest BCUT2D eigenvalue weighted by molar-refractivity contribution is 6.33. The number of amides is 1. The lowest BCUT2D eigenvalue weighted by Gasteiger charge is -2.29. The van der Waals surface area contributed by atoms with Gasteiger partial charge in [-0.2, -0.15) is 13.2 Å². The number of rotatable bonds is 6. The molecule has 8 heteroatoms. The summed E-state index contributed by atoms with van der Waals surface area (Å²) in [6.07, 6.45) is 0.0171. The van der Waals surface area contributed by atoms with E-state index in [0.717, 1.165) is 68.4 Å². The Hall–Kier alpha value is -2.28. The zero-order chi connectivity index (χ0) is 22.6. The molecule has 0 unspecified atom stereocenters. The summed E-state index contributed by atoms with van der Waals surface area (Å²) in [5.41, 5.74) is 1.15. The fourth-order valence-electron chi connectivity index (χ4n) is 4.07. The van der Waals surface area contributed by atoms with Crippen LogP contribution in [0.15, 0.2) is 30.3 Å². The van der Waals surface area contributed by atoms with Crippen molar-refractivity contribution in [3.8, 4) is 0 Å². The lowest BCUT2D eigenvalue weighted by Crippen LogP contribution is -2.38. The van der Waals surface area contributed by atoms with Crippen LogP contribution < -0.4 is 10.6 Å². The number of carbonyl (C=O) groups excluding carboxylic acids is 1. The molecule has 1 amide bonds. The standard InChI is InChI=1S/C23H27ClF3N3O/c1-14-11-15(2)29-21(12-14)28-10-9-16-3-6-18(7-4-16)30-22(31)19-13-17(23(25,26)27)5-8-20(19)24/h5,8,11-13,16,18H,3-4,6-7,9-10H2,1-2H3,(H,28,29)(H,30,31)/t16-,18-. The van der Waals surface area contributed by atoms with Gasteiger partial charge in [0.1, 0.15) is 5.82 Å². The SMILES string of the molecule is Cc1cc(C)nc(NCC[C@H]2CC[C@H](NC(=O)c3cc(C(F)(F)F)ccc3Cl)CC2)c1. The number of carbonyl (C=O) groups is 1. The van der Waals surface area contributed by atoms with Gasteiger partial charge in [0.05, 0.1) is 16.1 Å². The van der Waals surface area contributed by atoms with Crippen LogP contribution in [0.3, 0.4) is 0 Å². The average molecular weight is 454 g/mol. The summed E-state index contributed by atoms with van der Waals surface area (Å²) in [4.78, 5) is 17.0. The van der Waals surface area contributed by atoms with Crippen molar-refractivity contribution < 1.29 is 18.0 Å². The van der Waals surface area contributed by atoms with E-state index in [1.165, 1.54) is 5.56 Å². The van der Waals surface area contributed by atoms with Crippen LogP contribution in [0, 0.1) is 19.8 Å². The minimum atomic E-state index is -4.52. The summed E-state index contributed by atoms with van der Waals surface area (Å²) < 4.78 is 38.8. The predicted molar refractivity (Wildman–Crippen MR) is 116 cm³/mol. The third-order valence-corrected chi connectivity index (χ3v) is 6.01. The Kier molecular flexibility index (Phi) is 7.46. The van der Waals surface area contributed by atoms with E-state index >= 15 is 0 Å². The summed E-state index contributed by atoms with van der Waals surface area (Å²) in [7, 11) is 0. The van der Waals surface area contributed by atoms with Gasteiger partial charge in [-0.15, -0.1) is 0 Å². The molecule has 31 heavy (non-hydrogen) atoms. The number of anilines is 1. The molecule has 1 aromatic heterocycles. The Bertz CT molecular complexity index is 905. The zero-order valence-electron chi connectivity index (χ0n) is 17.7. The van der Waals surface area contributed by atoms with Gasteiger partial charge in [0.15, 0.2) is 0 Å². The van der Waals surface area contributed by atoms with Crippen LogP contribution in [0.4, 0.5) is 19.0 Å². The number of hydrogen-bond donors (Lipinski definition) is 2. The van der Waals surface area contributed by atoms with E-state index in [0.29, 0.717) is 5.92 Å². The highest BCUT2D eigenvalue weighted by atomic mass is 35.5. The van der Waals surface area contributed by atoms with Crippen LogP contribution in [-0.4, -0.2) is 23.5 Å². The number of nitrogens with one attached hydrogen (secondary N) is 2. The summed E-state index contributed by atoms with van der Waals surface area (Å²) in [5.74, 6) is 0.877. The number of hydrogen-bond acceptors (Lipinski definition) is 3. The van der Waals surface area contributed by atoms with E-state index in [2.05, 4.69) is 15.6 Å². The maximum atomic E-state index is 12.9. The van der Waals surface area contributed by atoms with Crippen molar-refractivity contribution in [2.75, 3.05) is 11.9 Å². The van der Waals surface area contributed by atoms with E-state index in [-0.39, 0.29) is 16.6 Å². The van der Waals surface area contributed by atoms with Crippen molar-refractivity contribution in [2.24, 2.45) is 5.92 Å². The second-order valence-corrected chi connectivity index (χ2v) is 8.68. The molecule has 4 nitrogen and oxygen atoms in total. The van der Waals surface area contributed by atoms with Gasteiger partial charge >= 0.3 is 6.18 Å². The Morgan fingerprint density at radius 2 is 1.84 bits per heavy atom. The van der Waals surface area contributed by atoms with Gasteiger partial charge in [-0.3, -0.25) is 4.79 Å². The van der Waals surface area contributed by atoms with Gasteiger partial charge in [-0.05, 0) is 87.8 Å². The van der Waals surface area contributed by atoms with Crippen molar-refractivity contribution in [1.82, 2.24) is 10.3 Å². The Morgan fingerprint density at radius 3 is 2.48 bits per heavy atom. The molecule has 0 spiro atoms. The lowest BCUT2D eigenvalue weighted by molar-refractivity contribution is -0.137. The Morgan fingerprint density at radius 1 is 1.13 bits per heavy atom. The quantitative estimate of drug-likeness (QED) is 0.550. The van der Waals surface area contributed by atoms with Gasteiger partial charge in [-0.1, -0.05) is 11.6 Å². The van der Waals surface area contributed by atoms with Crippen LogP contribution in [0.25, 0.3) is 0 Å². The molecule has 1 aromatic carbocycles. The molecule has 0 radical (unpaired) electrons.